The van der Waals surface area contributed by atoms with Crippen LogP contribution in [-0.4, -0.2) is 39.9 Å². The number of aryl methyl sites for hydroxylation is 1. The van der Waals surface area contributed by atoms with Crippen LogP contribution in [0.15, 0.2) is 36.5 Å². The SMILES string of the molecule is Cc1ccnc(N2CCC(=O)N(Cc3ccc(F)cc3)[C@@H](C(C)C)C2)n1. The van der Waals surface area contributed by atoms with Gasteiger partial charge in [0, 0.05) is 37.9 Å². The quantitative estimate of drug-likeness (QED) is 0.844. The molecule has 3 rings (SSSR count). The number of amides is 1. The Balaban J connectivity index is 1.85. The maximum absolute atomic E-state index is 13.2. The van der Waals surface area contributed by atoms with Crippen molar-refractivity contribution in [1.29, 1.82) is 0 Å². The van der Waals surface area contributed by atoms with Crippen LogP contribution >= 0.6 is 0 Å². The standard InChI is InChI=1S/C20H25FN4O/c1-14(2)18-13-24(20-22-10-8-15(3)23-20)11-9-19(26)25(18)12-16-4-6-17(21)7-5-16/h4-8,10,14,18H,9,11-13H2,1-3H3/t18-/m1/s1. The molecule has 1 aliphatic heterocycles. The molecule has 0 spiro atoms. The molecule has 1 aromatic heterocycles. The molecular weight excluding hydrogens is 331 g/mol. The van der Waals surface area contributed by atoms with E-state index in [1.807, 2.05) is 17.9 Å². The third-order valence-corrected chi connectivity index (χ3v) is 4.82. The lowest BCUT2D eigenvalue weighted by molar-refractivity contribution is -0.134. The largest absolute Gasteiger partial charge is 0.338 e. The van der Waals surface area contributed by atoms with Gasteiger partial charge in [0.2, 0.25) is 11.9 Å². The molecule has 26 heavy (non-hydrogen) atoms. The first kappa shape index (κ1) is 18.3. The van der Waals surface area contributed by atoms with E-state index in [4.69, 9.17) is 0 Å². The van der Waals surface area contributed by atoms with Gasteiger partial charge < -0.3 is 9.80 Å². The Bertz CT molecular complexity index is 763. The lowest BCUT2D eigenvalue weighted by Crippen LogP contribution is -2.46. The molecular formula is C20H25FN4O. The van der Waals surface area contributed by atoms with Crippen molar-refractivity contribution >= 4 is 11.9 Å². The zero-order valence-electron chi connectivity index (χ0n) is 15.5. The number of carbonyl (C=O) groups excluding carboxylic acids is 1. The van der Waals surface area contributed by atoms with E-state index in [1.54, 1.807) is 18.3 Å². The van der Waals surface area contributed by atoms with Gasteiger partial charge in [-0.05, 0) is 36.6 Å². The summed E-state index contributed by atoms with van der Waals surface area (Å²) in [6.07, 6.45) is 2.17. The van der Waals surface area contributed by atoms with Gasteiger partial charge in [0.1, 0.15) is 5.82 Å². The fourth-order valence-corrected chi connectivity index (χ4v) is 3.31. The Morgan fingerprint density at radius 3 is 2.62 bits per heavy atom. The van der Waals surface area contributed by atoms with E-state index in [0.29, 0.717) is 32.0 Å². The zero-order valence-corrected chi connectivity index (χ0v) is 15.5. The second kappa shape index (κ2) is 7.81. The van der Waals surface area contributed by atoms with Gasteiger partial charge in [-0.3, -0.25) is 4.79 Å². The highest BCUT2D eigenvalue weighted by Crippen LogP contribution is 2.23. The van der Waals surface area contributed by atoms with E-state index in [9.17, 15) is 9.18 Å². The van der Waals surface area contributed by atoms with Gasteiger partial charge in [0.15, 0.2) is 0 Å². The molecule has 5 nitrogen and oxygen atoms in total. The number of aromatic nitrogens is 2. The second-order valence-electron chi connectivity index (χ2n) is 7.15. The van der Waals surface area contributed by atoms with Crippen molar-refractivity contribution in [2.24, 2.45) is 5.92 Å². The first-order valence-electron chi connectivity index (χ1n) is 9.02. The third-order valence-electron chi connectivity index (χ3n) is 4.82. The monoisotopic (exact) mass is 356 g/mol. The van der Waals surface area contributed by atoms with E-state index in [2.05, 4.69) is 28.7 Å². The zero-order chi connectivity index (χ0) is 18.7. The smallest absolute Gasteiger partial charge is 0.225 e. The van der Waals surface area contributed by atoms with Gasteiger partial charge in [-0.25, -0.2) is 14.4 Å². The lowest BCUT2D eigenvalue weighted by Gasteiger charge is -2.34. The summed E-state index contributed by atoms with van der Waals surface area (Å²) in [4.78, 5) is 25.8. The fourth-order valence-electron chi connectivity index (χ4n) is 3.31. The number of carbonyl (C=O) groups is 1. The van der Waals surface area contributed by atoms with Crippen molar-refractivity contribution in [1.82, 2.24) is 14.9 Å². The molecule has 2 heterocycles. The predicted molar refractivity (Wildman–Crippen MR) is 99.2 cm³/mol. The van der Waals surface area contributed by atoms with Crippen molar-refractivity contribution in [2.45, 2.75) is 39.8 Å². The average Bonchev–Trinajstić information content (AvgIpc) is 2.77. The lowest BCUT2D eigenvalue weighted by atomic mass is 10.0. The van der Waals surface area contributed by atoms with Crippen molar-refractivity contribution in [3.8, 4) is 0 Å². The maximum atomic E-state index is 13.2. The van der Waals surface area contributed by atoms with E-state index in [1.165, 1.54) is 12.1 Å². The van der Waals surface area contributed by atoms with E-state index >= 15 is 0 Å². The molecule has 1 fully saturated rings. The number of nitrogens with zero attached hydrogens (tertiary/aromatic N) is 4. The maximum Gasteiger partial charge on any atom is 0.225 e. The number of halogens is 1. The Morgan fingerprint density at radius 1 is 1.23 bits per heavy atom. The number of anilines is 1. The van der Waals surface area contributed by atoms with Gasteiger partial charge in [-0.1, -0.05) is 26.0 Å². The third kappa shape index (κ3) is 4.18. The highest BCUT2D eigenvalue weighted by atomic mass is 19.1. The van der Waals surface area contributed by atoms with Gasteiger partial charge in [-0.2, -0.15) is 0 Å². The van der Waals surface area contributed by atoms with Gasteiger partial charge in [-0.15, -0.1) is 0 Å². The summed E-state index contributed by atoms with van der Waals surface area (Å²) < 4.78 is 13.2. The molecule has 1 saturated heterocycles. The fraction of sp³-hybridized carbons (Fsp3) is 0.450. The van der Waals surface area contributed by atoms with Crippen LogP contribution in [-0.2, 0) is 11.3 Å². The Morgan fingerprint density at radius 2 is 1.96 bits per heavy atom. The van der Waals surface area contributed by atoms with Gasteiger partial charge in [0.05, 0.1) is 6.04 Å². The second-order valence-corrected chi connectivity index (χ2v) is 7.15. The van der Waals surface area contributed by atoms with Crippen molar-refractivity contribution < 1.29 is 9.18 Å². The number of benzene rings is 1. The molecule has 0 aliphatic carbocycles. The molecule has 1 aliphatic rings. The molecule has 1 amide bonds. The summed E-state index contributed by atoms with van der Waals surface area (Å²) >= 11 is 0. The summed E-state index contributed by atoms with van der Waals surface area (Å²) in [5.74, 6) is 0.805. The van der Waals surface area contributed by atoms with Crippen molar-refractivity contribution in [3.63, 3.8) is 0 Å². The summed E-state index contributed by atoms with van der Waals surface area (Å²) in [7, 11) is 0. The normalized spacial score (nSPS) is 18.3. The first-order valence-corrected chi connectivity index (χ1v) is 9.02. The van der Waals surface area contributed by atoms with Crippen molar-refractivity contribution in [3.05, 3.63) is 53.6 Å². The van der Waals surface area contributed by atoms with E-state index < -0.39 is 0 Å². The number of hydrogen-bond donors (Lipinski definition) is 0. The minimum atomic E-state index is -0.265. The van der Waals surface area contributed by atoms with Crippen LogP contribution in [0.1, 0.15) is 31.5 Å². The molecule has 0 N–H and O–H groups in total. The molecule has 1 aromatic carbocycles. The van der Waals surface area contributed by atoms with Crippen LogP contribution < -0.4 is 4.90 Å². The molecule has 0 unspecified atom stereocenters. The Labute approximate surface area is 153 Å². The van der Waals surface area contributed by atoms with E-state index in [0.717, 1.165) is 11.3 Å². The number of hydrogen-bond acceptors (Lipinski definition) is 4. The molecule has 0 bridgehead atoms. The predicted octanol–water partition coefficient (Wildman–Crippen LogP) is 3.19. The highest BCUT2D eigenvalue weighted by Gasteiger charge is 2.32. The summed E-state index contributed by atoms with van der Waals surface area (Å²) in [6.45, 7) is 7.96. The molecule has 2 aromatic rings. The molecule has 138 valence electrons. The summed E-state index contributed by atoms with van der Waals surface area (Å²) in [6, 6.07) is 8.27. The topological polar surface area (TPSA) is 49.3 Å². The highest BCUT2D eigenvalue weighted by molar-refractivity contribution is 5.77. The van der Waals surface area contributed by atoms with Crippen LogP contribution in [0.4, 0.5) is 10.3 Å². The summed E-state index contributed by atoms with van der Waals surface area (Å²) in [5.41, 5.74) is 1.85. The molecule has 1 atom stereocenters. The summed E-state index contributed by atoms with van der Waals surface area (Å²) in [5, 5.41) is 0. The Kier molecular flexibility index (Phi) is 5.49. The van der Waals surface area contributed by atoms with Crippen LogP contribution in [0.3, 0.4) is 0 Å². The Hall–Kier alpha value is -2.50. The molecule has 6 heteroatoms. The number of rotatable bonds is 4. The van der Waals surface area contributed by atoms with Gasteiger partial charge in [0.25, 0.3) is 0 Å². The molecule has 0 radical (unpaired) electrons. The van der Waals surface area contributed by atoms with Crippen LogP contribution in [0.5, 0.6) is 0 Å². The van der Waals surface area contributed by atoms with Gasteiger partial charge >= 0.3 is 0 Å². The molecule has 0 saturated carbocycles. The minimum absolute atomic E-state index is 0.0409. The van der Waals surface area contributed by atoms with Crippen molar-refractivity contribution in [2.75, 3.05) is 18.0 Å². The average molecular weight is 356 g/mol. The first-order chi connectivity index (χ1) is 12.4. The van der Waals surface area contributed by atoms with Crippen LogP contribution in [0.2, 0.25) is 0 Å². The minimum Gasteiger partial charge on any atom is -0.338 e. The van der Waals surface area contributed by atoms with E-state index in [-0.39, 0.29) is 23.7 Å². The van der Waals surface area contributed by atoms with Crippen LogP contribution in [0, 0.1) is 18.7 Å². The van der Waals surface area contributed by atoms with Crippen LogP contribution in [0.25, 0.3) is 0 Å².